The summed E-state index contributed by atoms with van der Waals surface area (Å²) < 4.78 is 30.1. The van der Waals surface area contributed by atoms with E-state index in [1.807, 2.05) is 0 Å². The highest BCUT2D eigenvalue weighted by molar-refractivity contribution is 5.94. The summed E-state index contributed by atoms with van der Waals surface area (Å²) >= 11 is 0. The first-order valence-corrected chi connectivity index (χ1v) is 4.83. The number of esters is 1. The average molecular weight is 243 g/mol. The first-order valence-electron chi connectivity index (χ1n) is 4.83. The molecule has 0 spiro atoms. The van der Waals surface area contributed by atoms with E-state index in [1.54, 1.807) is 0 Å². The van der Waals surface area contributed by atoms with Gasteiger partial charge in [0.15, 0.2) is 17.7 Å². The fraction of sp³-hybridized carbons (Fsp3) is 0.273. The van der Waals surface area contributed by atoms with Crippen LogP contribution in [0.15, 0.2) is 18.2 Å². The molecule has 0 fully saturated rings. The maximum Gasteiger partial charge on any atom is 0.303 e. The Morgan fingerprint density at radius 3 is 2.47 bits per heavy atom. The number of rotatable bonds is 3. The molecule has 92 valence electrons. The molecular weight excluding hydrogens is 232 g/mol. The molecule has 1 aromatic rings. The summed E-state index contributed by atoms with van der Waals surface area (Å²) in [7, 11) is 0. The van der Waals surface area contributed by atoms with Gasteiger partial charge in [0.1, 0.15) is 0 Å². The average Bonchev–Trinajstić information content (AvgIpc) is 2.22. The fourth-order valence-corrected chi connectivity index (χ4v) is 1.12. The van der Waals surface area contributed by atoms with Gasteiger partial charge >= 0.3 is 5.97 Å². The Kier molecular flexibility index (Phi) is 4.14. The zero-order valence-corrected chi connectivity index (χ0v) is 9.29. The van der Waals surface area contributed by atoms with Crippen molar-refractivity contribution in [1.29, 1.82) is 0 Å². The molecule has 0 unspecified atom stereocenters. The smallest absolute Gasteiger partial charge is 0.303 e. The number of carbonyl (C=O) groups excluding carboxylic acids is 2. The van der Waals surface area contributed by atoms with Gasteiger partial charge in [-0.1, -0.05) is 0 Å². The number of amides is 1. The number of ether oxygens (including phenoxy) is 1. The van der Waals surface area contributed by atoms with E-state index >= 15 is 0 Å². The van der Waals surface area contributed by atoms with Crippen LogP contribution >= 0.6 is 0 Å². The summed E-state index contributed by atoms with van der Waals surface area (Å²) in [6.45, 7) is 2.54. The number of nitrogens with one attached hydrogen (secondary N) is 1. The molecule has 0 aliphatic rings. The Morgan fingerprint density at radius 2 is 1.94 bits per heavy atom. The van der Waals surface area contributed by atoms with Crippen molar-refractivity contribution < 1.29 is 23.1 Å². The Labute approximate surface area is 96.6 Å². The first-order chi connectivity index (χ1) is 7.90. The van der Waals surface area contributed by atoms with Gasteiger partial charge in [-0.25, -0.2) is 8.78 Å². The Hall–Kier alpha value is -1.98. The number of carbonyl (C=O) groups is 2. The summed E-state index contributed by atoms with van der Waals surface area (Å²) in [6.07, 6.45) is -0.999. The van der Waals surface area contributed by atoms with Crippen molar-refractivity contribution >= 4 is 17.6 Å². The minimum atomic E-state index is -1.07. The molecule has 0 saturated carbocycles. The third-order valence-electron chi connectivity index (χ3n) is 1.90. The normalized spacial score (nSPS) is 11.8. The third kappa shape index (κ3) is 3.82. The molecule has 0 saturated heterocycles. The van der Waals surface area contributed by atoms with Crippen LogP contribution in [0.1, 0.15) is 13.8 Å². The van der Waals surface area contributed by atoms with Gasteiger partial charge in [-0.15, -0.1) is 0 Å². The molecule has 6 heteroatoms. The van der Waals surface area contributed by atoms with Crippen LogP contribution in [0.2, 0.25) is 0 Å². The minimum Gasteiger partial charge on any atom is -0.453 e. The second-order valence-electron chi connectivity index (χ2n) is 3.37. The van der Waals surface area contributed by atoms with Gasteiger partial charge in [-0.2, -0.15) is 0 Å². The van der Waals surface area contributed by atoms with Gasteiger partial charge in [0.25, 0.3) is 5.91 Å². The molecule has 1 rings (SSSR count). The fourth-order valence-electron chi connectivity index (χ4n) is 1.12. The Bertz CT molecular complexity index is 448. The van der Waals surface area contributed by atoms with E-state index in [0.717, 1.165) is 12.1 Å². The van der Waals surface area contributed by atoms with E-state index in [4.69, 9.17) is 0 Å². The molecule has 0 bridgehead atoms. The predicted octanol–water partition coefficient (Wildman–Crippen LogP) is 1.85. The molecule has 0 aliphatic heterocycles. The highest BCUT2D eigenvalue weighted by Crippen LogP contribution is 2.13. The predicted molar refractivity (Wildman–Crippen MR) is 56.2 cm³/mol. The summed E-state index contributed by atoms with van der Waals surface area (Å²) in [5.74, 6) is -3.29. The van der Waals surface area contributed by atoms with Crippen molar-refractivity contribution in [2.75, 3.05) is 5.32 Å². The molecule has 0 aliphatic carbocycles. The van der Waals surface area contributed by atoms with Gasteiger partial charge in [0.05, 0.1) is 0 Å². The summed E-state index contributed by atoms with van der Waals surface area (Å²) in [4.78, 5) is 22.0. The third-order valence-corrected chi connectivity index (χ3v) is 1.90. The van der Waals surface area contributed by atoms with E-state index < -0.39 is 29.6 Å². The molecule has 1 N–H and O–H groups in total. The molecule has 1 aromatic carbocycles. The van der Waals surface area contributed by atoms with Crippen molar-refractivity contribution in [1.82, 2.24) is 0 Å². The second-order valence-corrected chi connectivity index (χ2v) is 3.37. The van der Waals surface area contributed by atoms with Crippen molar-refractivity contribution in [3.63, 3.8) is 0 Å². The zero-order valence-electron chi connectivity index (χ0n) is 9.29. The molecule has 0 radical (unpaired) electrons. The molecule has 4 nitrogen and oxygen atoms in total. The quantitative estimate of drug-likeness (QED) is 0.824. The zero-order chi connectivity index (χ0) is 13.0. The van der Waals surface area contributed by atoms with Crippen LogP contribution in [0.5, 0.6) is 0 Å². The number of anilines is 1. The Morgan fingerprint density at radius 1 is 1.29 bits per heavy atom. The van der Waals surface area contributed by atoms with Crippen molar-refractivity contribution in [3.8, 4) is 0 Å². The van der Waals surface area contributed by atoms with Crippen molar-refractivity contribution in [3.05, 3.63) is 29.8 Å². The molecular formula is C11H11F2NO3. The SMILES string of the molecule is CC(=O)O[C@H](C)C(=O)Nc1ccc(F)c(F)c1. The van der Waals surface area contributed by atoms with E-state index in [1.165, 1.54) is 19.9 Å². The largest absolute Gasteiger partial charge is 0.453 e. The van der Waals surface area contributed by atoms with E-state index in [2.05, 4.69) is 10.1 Å². The van der Waals surface area contributed by atoms with Gasteiger partial charge < -0.3 is 10.1 Å². The van der Waals surface area contributed by atoms with Gasteiger partial charge in [0.2, 0.25) is 0 Å². The summed E-state index contributed by atoms with van der Waals surface area (Å²) in [5, 5.41) is 2.29. The highest BCUT2D eigenvalue weighted by atomic mass is 19.2. The van der Waals surface area contributed by atoms with Gasteiger partial charge in [-0.3, -0.25) is 9.59 Å². The number of hydrogen-bond donors (Lipinski definition) is 1. The lowest BCUT2D eigenvalue weighted by Gasteiger charge is -2.12. The number of halogens is 2. The lowest BCUT2D eigenvalue weighted by molar-refractivity contribution is -0.150. The lowest BCUT2D eigenvalue weighted by atomic mass is 10.3. The van der Waals surface area contributed by atoms with Crippen LogP contribution in [0.25, 0.3) is 0 Å². The van der Waals surface area contributed by atoms with Crippen LogP contribution in [-0.4, -0.2) is 18.0 Å². The van der Waals surface area contributed by atoms with Crippen LogP contribution in [0.4, 0.5) is 14.5 Å². The number of benzene rings is 1. The maximum absolute atomic E-state index is 12.8. The van der Waals surface area contributed by atoms with E-state index in [0.29, 0.717) is 0 Å². The van der Waals surface area contributed by atoms with Crippen LogP contribution < -0.4 is 5.32 Å². The molecule has 0 heterocycles. The topological polar surface area (TPSA) is 55.4 Å². The van der Waals surface area contributed by atoms with E-state index in [9.17, 15) is 18.4 Å². The van der Waals surface area contributed by atoms with Crippen molar-refractivity contribution in [2.45, 2.75) is 20.0 Å². The maximum atomic E-state index is 12.8. The Balaban J connectivity index is 2.67. The summed E-state index contributed by atoms with van der Waals surface area (Å²) in [5.41, 5.74) is 0.0907. The van der Waals surface area contributed by atoms with Crippen LogP contribution in [-0.2, 0) is 14.3 Å². The summed E-state index contributed by atoms with van der Waals surface area (Å²) in [6, 6.07) is 2.94. The monoisotopic (exact) mass is 243 g/mol. The number of hydrogen-bond acceptors (Lipinski definition) is 3. The van der Waals surface area contributed by atoms with Gasteiger partial charge in [-0.05, 0) is 19.1 Å². The molecule has 1 amide bonds. The molecule has 1 atom stereocenters. The molecule has 0 aromatic heterocycles. The minimum absolute atomic E-state index is 0.0907. The van der Waals surface area contributed by atoms with Crippen molar-refractivity contribution in [2.24, 2.45) is 0 Å². The lowest BCUT2D eigenvalue weighted by Crippen LogP contribution is -2.29. The molecule has 17 heavy (non-hydrogen) atoms. The standard InChI is InChI=1S/C11H11F2NO3/c1-6(17-7(2)15)11(16)14-8-3-4-9(12)10(13)5-8/h3-6H,1-2H3,(H,14,16)/t6-/m1/s1. The van der Waals surface area contributed by atoms with E-state index in [-0.39, 0.29) is 5.69 Å². The first kappa shape index (κ1) is 13.1. The second kappa shape index (κ2) is 5.38. The van der Waals surface area contributed by atoms with Crippen LogP contribution in [0, 0.1) is 11.6 Å². The van der Waals surface area contributed by atoms with Crippen LogP contribution in [0.3, 0.4) is 0 Å². The van der Waals surface area contributed by atoms with Gasteiger partial charge in [0, 0.05) is 18.7 Å². The highest BCUT2D eigenvalue weighted by Gasteiger charge is 2.16.